The van der Waals surface area contributed by atoms with Crippen LogP contribution in [0.4, 0.5) is 33.9 Å². The number of anilines is 2. The molecule has 4 aromatic rings. The van der Waals surface area contributed by atoms with Crippen LogP contribution < -0.4 is 10.2 Å². The summed E-state index contributed by atoms with van der Waals surface area (Å²) < 4.78 is 53.5. The molecule has 0 spiro atoms. The molecule has 2 heterocycles. The van der Waals surface area contributed by atoms with E-state index in [2.05, 4.69) is 21.6 Å². The lowest BCUT2D eigenvalue weighted by Crippen LogP contribution is -2.55. The van der Waals surface area contributed by atoms with Gasteiger partial charge in [0.25, 0.3) is 0 Å². The Kier molecular flexibility index (Phi) is 8.11. The van der Waals surface area contributed by atoms with Gasteiger partial charge in [0, 0.05) is 42.0 Å². The molecule has 0 radical (unpaired) electrons. The van der Waals surface area contributed by atoms with E-state index in [-0.39, 0.29) is 31.5 Å². The molecule has 7 nitrogen and oxygen atoms in total. The van der Waals surface area contributed by atoms with Crippen molar-refractivity contribution in [3.63, 3.8) is 0 Å². The number of nitrogens with one attached hydrogen (secondary N) is 1. The number of halogens is 5. The lowest BCUT2D eigenvalue weighted by molar-refractivity contribution is -0.137. The number of nitriles is 1. The number of carbonyl (C=O) groups is 1. The highest BCUT2D eigenvalue weighted by molar-refractivity contribution is 6.00. The molecule has 5 rings (SSSR count). The van der Waals surface area contributed by atoms with E-state index in [4.69, 9.17) is 5.26 Å². The number of rotatable bonds is 3. The van der Waals surface area contributed by atoms with E-state index in [0.29, 0.717) is 29.7 Å². The van der Waals surface area contributed by atoms with Gasteiger partial charge in [-0.25, -0.2) is 9.18 Å². The molecule has 1 atom stereocenters. The van der Waals surface area contributed by atoms with Crippen LogP contribution >= 0.6 is 12.4 Å². The predicted octanol–water partition coefficient (Wildman–Crippen LogP) is 6.49. The van der Waals surface area contributed by atoms with Crippen LogP contribution in [0.25, 0.3) is 22.0 Å². The topological polar surface area (TPSA) is 85.2 Å². The van der Waals surface area contributed by atoms with Crippen LogP contribution in [-0.4, -0.2) is 46.8 Å². The number of nitrogens with zero attached hydrogens (tertiary/aromatic N) is 5. The van der Waals surface area contributed by atoms with E-state index in [1.807, 2.05) is 48.2 Å². The molecule has 1 aliphatic heterocycles. The smallest absolute Gasteiger partial charge is 0.348 e. The van der Waals surface area contributed by atoms with Gasteiger partial charge < -0.3 is 15.1 Å². The van der Waals surface area contributed by atoms with Crippen LogP contribution in [0.1, 0.15) is 18.1 Å². The summed E-state index contributed by atoms with van der Waals surface area (Å²) in [5.74, 6) is -0.408. The van der Waals surface area contributed by atoms with Crippen molar-refractivity contribution in [2.24, 2.45) is 0 Å². The summed E-state index contributed by atoms with van der Waals surface area (Å²) in [4.78, 5) is 16.3. The minimum Gasteiger partial charge on any atom is -0.348 e. The molecular weight excluding hydrogens is 548 g/mol. The number of benzene rings is 3. The zero-order valence-electron chi connectivity index (χ0n) is 21.1. The van der Waals surface area contributed by atoms with Crippen LogP contribution in [0, 0.1) is 17.1 Å². The Morgan fingerprint density at radius 2 is 1.73 bits per heavy atom. The fourth-order valence-electron chi connectivity index (χ4n) is 4.73. The predicted molar refractivity (Wildman–Crippen MR) is 146 cm³/mol. The zero-order valence-corrected chi connectivity index (χ0v) is 21.9. The molecule has 3 aromatic carbocycles. The summed E-state index contributed by atoms with van der Waals surface area (Å²) in [5.41, 5.74) is 0.283. The fraction of sp³-hybridized carbons (Fsp3) is 0.214. The first-order chi connectivity index (χ1) is 18.7. The quantitative estimate of drug-likeness (QED) is 0.285. The number of alkyl halides is 3. The summed E-state index contributed by atoms with van der Waals surface area (Å²) in [6.07, 6.45) is -4.82. The molecule has 2 amide bonds. The van der Waals surface area contributed by atoms with Crippen LogP contribution in [0.2, 0.25) is 0 Å². The van der Waals surface area contributed by atoms with Gasteiger partial charge in [-0.2, -0.15) is 18.4 Å². The number of amides is 2. The Morgan fingerprint density at radius 3 is 2.38 bits per heavy atom. The average molecular weight is 571 g/mol. The maximum Gasteiger partial charge on any atom is 0.418 e. The Morgan fingerprint density at radius 1 is 1.02 bits per heavy atom. The minimum atomic E-state index is -4.82. The number of urea groups is 1. The van der Waals surface area contributed by atoms with Crippen LogP contribution in [0.5, 0.6) is 0 Å². The molecule has 1 N–H and O–H groups in total. The van der Waals surface area contributed by atoms with Crippen molar-refractivity contribution < 1.29 is 22.4 Å². The number of fused-ring (bicyclic) bond motifs is 1. The second kappa shape index (κ2) is 11.4. The Hall–Kier alpha value is -4.43. The summed E-state index contributed by atoms with van der Waals surface area (Å²) in [7, 11) is 0. The summed E-state index contributed by atoms with van der Waals surface area (Å²) in [5, 5.41) is 22.1. The molecule has 206 valence electrons. The largest absolute Gasteiger partial charge is 0.418 e. The van der Waals surface area contributed by atoms with Gasteiger partial charge in [0.15, 0.2) is 5.82 Å². The SMILES string of the molecule is C[C@H]1CN(C(=O)Nc2ccc(F)cc2C(F)(F)F)CCN1c1nnc(-c2ccc(C#N)cc2)c2ccccc12.Cl. The molecule has 0 saturated carbocycles. The van der Waals surface area contributed by atoms with E-state index >= 15 is 0 Å². The van der Waals surface area contributed by atoms with Crippen molar-refractivity contribution in [3.05, 3.63) is 83.7 Å². The molecular formula is C28H23ClF4N6O. The first-order valence-corrected chi connectivity index (χ1v) is 12.1. The Bertz CT molecular complexity index is 1590. The van der Waals surface area contributed by atoms with Gasteiger partial charge in [0.2, 0.25) is 0 Å². The molecule has 1 saturated heterocycles. The standard InChI is InChI=1S/C28H22F4N6O.ClH/c1-17-16-37(27(39)34-24-11-10-20(29)14-23(24)28(30,31)32)12-13-38(17)26-22-5-3-2-4-21(22)25(35-36-26)19-8-6-18(15-33)7-9-19;/h2-11,14,17H,12-13,16H2,1H3,(H,34,39);1H/t17-;/m0./s1. The number of hydrogen-bond acceptors (Lipinski definition) is 5. The van der Waals surface area contributed by atoms with E-state index in [0.717, 1.165) is 28.5 Å². The highest BCUT2D eigenvalue weighted by atomic mass is 35.5. The molecule has 1 aromatic heterocycles. The Balaban J connectivity index is 0.00000370. The lowest BCUT2D eigenvalue weighted by Gasteiger charge is -2.40. The Labute approximate surface area is 233 Å². The average Bonchev–Trinajstić information content (AvgIpc) is 2.93. The molecule has 0 unspecified atom stereocenters. The third kappa shape index (κ3) is 5.62. The lowest BCUT2D eigenvalue weighted by atomic mass is 10.0. The van der Waals surface area contributed by atoms with Crippen molar-refractivity contribution >= 4 is 40.7 Å². The second-order valence-electron chi connectivity index (χ2n) is 9.21. The first-order valence-electron chi connectivity index (χ1n) is 12.1. The number of hydrogen-bond donors (Lipinski definition) is 1. The van der Waals surface area contributed by atoms with Crippen molar-refractivity contribution in [2.45, 2.75) is 19.1 Å². The van der Waals surface area contributed by atoms with Crippen LogP contribution in [0.3, 0.4) is 0 Å². The maximum atomic E-state index is 13.4. The molecule has 1 fully saturated rings. The van der Waals surface area contributed by atoms with E-state index in [9.17, 15) is 22.4 Å². The summed E-state index contributed by atoms with van der Waals surface area (Å²) >= 11 is 0. The van der Waals surface area contributed by atoms with E-state index < -0.39 is 29.3 Å². The minimum absolute atomic E-state index is 0. The number of aromatic nitrogens is 2. The maximum absolute atomic E-state index is 13.4. The van der Waals surface area contributed by atoms with Gasteiger partial charge in [-0.1, -0.05) is 36.4 Å². The molecule has 12 heteroatoms. The van der Waals surface area contributed by atoms with E-state index in [1.54, 1.807) is 12.1 Å². The van der Waals surface area contributed by atoms with Crippen LogP contribution in [-0.2, 0) is 6.18 Å². The van der Waals surface area contributed by atoms with Gasteiger partial charge in [0.05, 0.1) is 22.9 Å². The van der Waals surface area contributed by atoms with Crippen molar-refractivity contribution in [1.29, 1.82) is 5.26 Å². The number of carbonyl (C=O) groups excluding carboxylic acids is 1. The first kappa shape index (κ1) is 28.6. The zero-order chi connectivity index (χ0) is 27.7. The van der Waals surface area contributed by atoms with Gasteiger partial charge >= 0.3 is 12.2 Å². The second-order valence-corrected chi connectivity index (χ2v) is 9.21. The monoisotopic (exact) mass is 570 g/mol. The highest BCUT2D eigenvalue weighted by Crippen LogP contribution is 2.36. The highest BCUT2D eigenvalue weighted by Gasteiger charge is 2.35. The van der Waals surface area contributed by atoms with Gasteiger partial charge in [-0.15, -0.1) is 22.6 Å². The van der Waals surface area contributed by atoms with Gasteiger partial charge in [0.1, 0.15) is 11.5 Å². The molecule has 0 bridgehead atoms. The molecule has 0 aliphatic carbocycles. The van der Waals surface area contributed by atoms with Gasteiger partial charge in [-0.05, 0) is 37.3 Å². The van der Waals surface area contributed by atoms with Gasteiger partial charge in [-0.3, -0.25) is 0 Å². The molecule has 40 heavy (non-hydrogen) atoms. The van der Waals surface area contributed by atoms with E-state index in [1.165, 1.54) is 4.90 Å². The van der Waals surface area contributed by atoms with Crippen molar-refractivity contribution in [1.82, 2.24) is 15.1 Å². The van der Waals surface area contributed by atoms with Crippen LogP contribution in [0.15, 0.2) is 66.7 Å². The third-order valence-electron chi connectivity index (χ3n) is 6.67. The molecule has 1 aliphatic rings. The summed E-state index contributed by atoms with van der Waals surface area (Å²) in [6, 6.07) is 18.1. The number of piperazine rings is 1. The summed E-state index contributed by atoms with van der Waals surface area (Å²) in [6.45, 7) is 2.72. The third-order valence-corrected chi connectivity index (χ3v) is 6.67. The van der Waals surface area contributed by atoms with Crippen molar-refractivity contribution in [3.8, 4) is 17.3 Å². The van der Waals surface area contributed by atoms with Crippen molar-refractivity contribution in [2.75, 3.05) is 29.9 Å². The normalized spacial score (nSPS) is 15.3. The fourth-order valence-corrected chi connectivity index (χ4v) is 4.73.